The normalized spacial score (nSPS) is 11.6. The number of Topliss-reactive ketones (excluding diaryl/α,β-unsaturated/α-hetero) is 1. The zero-order valence-electron chi connectivity index (χ0n) is 9.71. The Hall–Kier alpha value is -1.59. The van der Waals surface area contributed by atoms with E-state index in [4.69, 9.17) is 16.4 Å². The zero-order chi connectivity index (χ0) is 13.1. The summed E-state index contributed by atoms with van der Waals surface area (Å²) in [6, 6.07) is -0.678. The van der Waals surface area contributed by atoms with Crippen LogP contribution >= 0.6 is 0 Å². The first-order valence-corrected chi connectivity index (χ1v) is 5.59. The van der Waals surface area contributed by atoms with Crippen molar-refractivity contribution in [3.63, 3.8) is 0 Å². The molecule has 0 aliphatic rings. The zero-order valence-corrected chi connectivity index (χ0v) is 9.71. The van der Waals surface area contributed by atoms with Crippen molar-refractivity contribution in [2.24, 2.45) is 10.8 Å². The van der Waals surface area contributed by atoms with Crippen molar-refractivity contribution < 1.29 is 14.7 Å². The molecule has 0 rings (SSSR count). The van der Waals surface area contributed by atoms with Gasteiger partial charge in [0.15, 0.2) is 0 Å². The van der Waals surface area contributed by atoms with Gasteiger partial charge in [-0.05, 0) is 24.8 Å². The van der Waals surface area contributed by atoms with Crippen molar-refractivity contribution >= 4 is 11.8 Å². The number of carbonyl (C=O) groups is 2. The van der Waals surface area contributed by atoms with E-state index in [9.17, 15) is 9.59 Å². The Bertz CT molecular complexity index is 300. The lowest BCUT2D eigenvalue weighted by Crippen LogP contribution is -2.30. The molecule has 0 unspecified atom stereocenters. The molecule has 7 nitrogen and oxygen atoms in total. The summed E-state index contributed by atoms with van der Waals surface area (Å²) in [4.78, 5) is 24.3. The molecule has 7 heteroatoms. The molecule has 1 atom stereocenters. The molecule has 0 heterocycles. The van der Waals surface area contributed by atoms with E-state index in [0.717, 1.165) is 12.8 Å². The molecule has 0 aromatic rings. The number of nitrogens with zero attached hydrogens (tertiary/aromatic N) is 3. The summed E-state index contributed by atoms with van der Waals surface area (Å²) in [5.41, 5.74) is 13.6. The lowest BCUT2D eigenvalue weighted by molar-refractivity contribution is -0.137. The molecule has 0 saturated heterocycles. The van der Waals surface area contributed by atoms with E-state index >= 15 is 0 Å². The Morgan fingerprint density at radius 2 is 2.00 bits per heavy atom. The fraction of sp³-hybridized carbons (Fsp3) is 0.800. The molecule has 0 aromatic carbocycles. The summed E-state index contributed by atoms with van der Waals surface area (Å²) in [7, 11) is 0. The number of carboxylic acids is 1. The second-order valence-corrected chi connectivity index (χ2v) is 3.77. The maximum absolute atomic E-state index is 11.4. The first kappa shape index (κ1) is 15.4. The number of hydrogen-bond acceptors (Lipinski definition) is 4. The Morgan fingerprint density at radius 1 is 1.29 bits per heavy atom. The van der Waals surface area contributed by atoms with E-state index in [0.29, 0.717) is 19.4 Å². The lowest BCUT2D eigenvalue weighted by atomic mass is 10.0. The minimum Gasteiger partial charge on any atom is -0.481 e. The number of unbranched alkanes of at least 4 members (excludes halogenated alkanes) is 2. The van der Waals surface area contributed by atoms with Crippen LogP contribution in [0.2, 0.25) is 0 Å². The lowest BCUT2D eigenvalue weighted by Gasteiger charge is -2.08. The number of ketones is 1. The van der Waals surface area contributed by atoms with Crippen LogP contribution in [0.15, 0.2) is 5.11 Å². The largest absolute Gasteiger partial charge is 0.481 e. The van der Waals surface area contributed by atoms with Gasteiger partial charge in [0.2, 0.25) is 0 Å². The van der Waals surface area contributed by atoms with Gasteiger partial charge < -0.3 is 10.8 Å². The van der Waals surface area contributed by atoms with E-state index in [2.05, 4.69) is 10.0 Å². The van der Waals surface area contributed by atoms with Gasteiger partial charge in [0.1, 0.15) is 5.78 Å². The summed E-state index contributed by atoms with van der Waals surface area (Å²) in [6.45, 7) is 0.440. The highest BCUT2D eigenvalue weighted by atomic mass is 16.4. The Kier molecular flexibility index (Phi) is 8.72. The second kappa shape index (κ2) is 9.62. The van der Waals surface area contributed by atoms with Crippen LogP contribution in [0.3, 0.4) is 0 Å². The molecule has 0 spiro atoms. The average molecular weight is 242 g/mol. The van der Waals surface area contributed by atoms with Crippen molar-refractivity contribution in [2.75, 3.05) is 6.54 Å². The highest BCUT2D eigenvalue weighted by molar-refractivity contribution is 5.84. The van der Waals surface area contributed by atoms with E-state index in [1.165, 1.54) is 0 Å². The van der Waals surface area contributed by atoms with E-state index in [1.807, 2.05) is 0 Å². The van der Waals surface area contributed by atoms with Crippen LogP contribution in [0.5, 0.6) is 0 Å². The van der Waals surface area contributed by atoms with Gasteiger partial charge in [-0.3, -0.25) is 9.59 Å². The van der Waals surface area contributed by atoms with Gasteiger partial charge in [-0.15, -0.1) is 0 Å². The fourth-order valence-corrected chi connectivity index (χ4v) is 1.33. The number of azide groups is 1. The SMILES string of the molecule is [N-]=[N+]=NCCCCCC(=O)[C@@H](N)CCC(=O)O. The van der Waals surface area contributed by atoms with Crippen LogP contribution in [-0.4, -0.2) is 29.4 Å². The summed E-state index contributed by atoms with van der Waals surface area (Å²) >= 11 is 0. The molecule has 0 aliphatic heterocycles. The molecular formula is C10H18N4O3. The standard InChI is InChI=1S/C10H18N4O3/c11-8(5-6-10(16)17)9(15)4-2-1-3-7-13-14-12/h8H,1-7,11H2,(H,16,17)/t8-/m0/s1. The van der Waals surface area contributed by atoms with Gasteiger partial charge in [0.25, 0.3) is 0 Å². The summed E-state index contributed by atoms with van der Waals surface area (Å²) in [5.74, 6) is -1.04. The third kappa shape index (κ3) is 9.35. The minimum atomic E-state index is -0.942. The molecule has 0 saturated carbocycles. The molecule has 0 aliphatic carbocycles. The maximum Gasteiger partial charge on any atom is 0.303 e. The Balaban J connectivity index is 3.56. The number of nitrogens with two attached hydrogens (primary N) is 1. The second-order valence-electron chi connectivity index (χ2n) is 3.77. The number of rotatable bonds is 10. The molecule has 0 bridgehead atoms. The molecular weight excluding hydrogens is 224 g/mol. The predicted octanol–water partition coefficient (Wildman–Crippen LogP) is 1.62. The first-order chi connectivity index (χ1) is 8.07. The van der Waals surface area contributed by atoms with Crippen molar-refractivity contribution in [1.29, 1.82) is 0 Å². The number of carbonyl (C=O) groups excluding carboxylic acids is 1. The Morgan fingerprint density at radius 3 is 2.59 bits per heavy atom. The van der Waals surface area contributed by atoms with Gasteiger partial charge in [0, 0.05) is 24.3 Å². The van der Waals surface area contributed by atoms with Gasteiger partial charge in [-0.1, -0.05) is 11.5 Å². The summed E-state index contributed by atoms with van der Waals surface area (Å²) in [6.07, 6.45) is 2.71. The van der Waals surface area contributed by atoms with E-state index in [1.54, 1.807) is 0 Å². The van der Waals surface area contributed by atoms with Crippen LogP contribution in [0.4, 0.5) is 0 Å². The molecule has 0 fully saturated rings. The molecule has 0 radical (unpaired) electrons. The number of carboxylic acid groups (broad SMARTS) is 1. The highest BCUT2D eigenvalue weighted by Crippen LogP contribution is 2.05. The summed E-state index contributed by atoms with van der Waals surface area (Å²) < 4.78 is 0. The van der Waals surface area contributed by atoms with Gasteiger partial charge in [0.05, 0.1) is 6.04 Å². The average Bonchev–Trinajstić information content (AvgIpc) is 2.30. The smallest absolute Gasteiger partial charge is 0.303 e. The van der Waals surface area contributed by atoms with E-state index in [-0.39, 0.29) is 18.6 Å². The Labute approximate surface area is 99.6 Å². The van der Waals surface area contributed by atoms with Gasteiger partial charge in [-0.25, -0.2) is 0 Å². The quantitative estimate of drug-likeness (QED) is 0.261. The topological polar surface area (TPSA) is 129 Å². The van der Waals surface area contributed by atoms with Crippen LogP contribution in [-0.2, 0) is 9.59 Å². The third-order valence-corrected chi connectivity index (χ3v) is 2.33. The van der Waals surface area contributed by atoms with Crippen LogP contribution in [0.25, 0.3) is 10.4 Å². The number of aliphatic carboxylic acids is 1. The predicted molar refractivity (Wildman–Crippen MR) is 62.3 cm³/mol. The molecule has 0 amide bonds. The molecule has 3 N–H and O–H groups in total. The third-order valence-electron chi connectivity index (χ3n) is 2.33. The maximum atomic E-state index is 11.4. The van der Waals surface area contributed by atoms with Gasteiger partial charge >= 0.3 is 5.97 Å². The van der Waals surface area contributed by atoms with Gasteiger partial charge in [-0.2, -0.15) is 0 Å². The number of hydrogen-bond donors (Lipinski definition) is 2. The van der Waals surface area contributed by atoms with Crippen molar-refractivity contribution in [2.45, 2.75) is 44.6 Å². The molecule has 0 aromatic heterocycles. The first-order valence-electron chi connectivity index (χ1n) is 5.59. The molecule has 96 valence electrons. The fourth-order valence-electron chi connectivity index (χ4n) is 1.33. The van der Waals surface area contributed by atoms with Crippen molar-refractivity contribution in [3.8, 4) is 0 Å². The monoisotopic (exact) mass is 242 g/mol. The van der Waals surface area contributed by atoms with Crippen LogP contribution in [0, 0.1) is 0 Å². The van der Waals surface area contributed by atoms with Crippen LogP contribution in [0.1, 0.15) is 38.5 Å². The van der Waals surface area contributed by atoms with Crippen molar-refractivity contribution in [1.82, 2.24) is 0 Å². The molecule has 17 heavy (non-hydrogen) atoms. The highest BCUT2D eigenvalue weighted by Gasteiger charge is 2.13. The summed E-state index contributed by atoms with van der Waals surface area (Å²) in [5, 5.41) is 11.8. The van der Waals surface area contributed by atoms with Crippen molar-refractivity contribution in [3.05, 3.63) is 10.4 Å². The van der Waals surface area contributed by atoms with E-state index < -0.39 is 12.0 Å². The van der Waals surface area contributed by atoms with Crippen LogP contribution < -0.4 is 5.73 Å². The minimum absolute atomic E-state index is 0.0796.